The molecule has 0 aliphatic carbocycles. The Morgan fingerprint density at radius 2 is 1.26 bits per heavy atom. The smallest absolute Gasteiger partial charge is 0.133 e. The number of anilines is 4. The Balaban J connectivity index is 1.24. The first-order chi connectivity index (χ1) is 20.9. The molecule has 7 rings (SSSR count). The molecule has 2 aliphatic rings. The first-order valence-corrected chi connectivity index (χ1v) is 15.6. The van der Waals surface area contributed by atoms with E-state index in [-0.39, 0.29) is 5.41 Å². The molecule has 43 heavy (non-hydrogen) atoms. The number of fused-ring (bicyclic) bond motifs is 2. The van der Waals surface area contributed by atoms with Crippen molar-refractivity contribution in [2.75, 3.05) is 22.9 Å². The standard InChI is InChI=1S/C39H40N4/c1-27-18-19-40-37(22-27)42-20-8-12-30-14-16-32(24-35(30)42)39(3,4)33-17-15-31-13-9-21-43(36(31)25-33)38-23-28(2)34(26-41-38)29-10-6-5-7-11-29/h5-7,10-11,14-19,22-26H,8-9,12-13,20-21H2,1-4H3. The second-order valence-electron chi connectivity index (χ2n) is 12.7. The van der Waals surface area contributed by atoms with Gasteiger partial charge in [-0.25, -0.2) is 9.97 Å². The highest BCUT2D eigenvalue weighted by Gasteiger charge is 2.29. The summed E-state index contributed by atoms with van der Waals surface area (Å²) in [7, 11) is 0. The molecule has 0 atom stereocenters. The van der Waals surface area contributed by atoms with Crippen LogP contribution in [0.1, 0.15) is 60.1 Å². The van der Waals surface area contributed by atoms with Crippen molar-refractivity contribution in [3.8, 4) is 11.1 Å². The number of pyridine rings is 2. The van der Waals surface area contributed by atoms with Gasteiger partial charge in [-0.1, -0.05) is 68.4 Å². The third-order valence-corrected chi connectivity index (χ3v) is 9.49. The Hall–Kier alpha value is -4.44. The van der Waals surface area contributed by atoms with Gasteiger partial charge in [-0.3, -0.25) is 0 Å². The molecule has 0 N–H and O–H groups in total. The molecule has 216 valence electrons. The summed E-state index contributed by atoms with van der Waals surface area (Å²) >= 11 is 0. The fourth-order valence-electron chi connectivity index (χ4n) is 6.85. The van der Waals surface area contributed by atoms with Gasteiger partial charge < -0.3 is 9.80 Å². The minimum Gasteiger partial charge on any atom is -0.326 e. The van der Waals surface area contributed by atoms with Crippen molar-refractivity contribution in [3.05, 3.63) is 131 Å². The summed E-state index contributed by atoms with van der Waals surface area (Å²) in [5.74, 6) is 2.07. The molecule has 0 spiro atoms. The Morgan fingerprint density at radius 3 is 1.84 bits per heavy atom. The second kappa shape index (κ2) is 11.0. The summed E-state index contributed by atoms with van der Waals surface area (Å²) in [6.45, 7) is 11.0. The van der Waals surface area contributed by atoms with Crippen LogP contribution in [0.25, 0.3) is 11.1 Å². The van der Waals surface area contributed by atoms with E-state index in [2.05, 4.69) is 122 Å². The Kier molecular flexibility index (Phi) is 7.01. The molecule has 0 unspecified atom stereocenters. The van der Waals surface area contributed by atoms with E-state index in [0.717, 1.165) is 50.4 Å². The van der Waals surface area contributed by atoms with E-state index in [9.17, 15) is 0 Å². The van der Waals surface area contributed by atoms with Crippen LogP contribution in [0, 0.1) is 13.8 Å². The fraction of sp³-hybridized carbons (Fsp3) is 0.282. The molecule has 0 radical (unpaired) electrons. The molecule has 0 saturated carbocycles. The molecule has 0 saturated heterocycles. The van der Waals surface area contributed by atoms with Crippen molar-refractivity contribution in [1.29, 1.82) is 0 Å². The van der Waals surface area contributed by atoms with Crippen molar-refractivity contribution in [1.82, 2.24) is 9.97 Å². The van der Waals surface area contributed by atoms with E-state index < -0.39 is 0 Å². The second-order valence-corrected chi connectivity index (χ2v) is 12.7. The average Bonchev–Trinajstić information content (AvgIpc) is 3.04. The number of aromatic nitrogens is 2. The van der Waals surface area contributed by atoms with E-state index in [1.807, 2.05) is 12.4 Å². The lowest BCUT2D eigenvalue weighted by Gasteiger charge is -2.35. The third-order valence-electron chi connectivity index (χ3n) is 9.49. The Bertz CT molecular complexity index is 1790. The topological polar surface area (TPSA) is 32.3 Å². The first-order valence-electron chi connectivity index (χ1n) is 15.6. The lowest BCUT2D eigenvalue weighted by Crippen LogP contribution is -2.28. The molecule has 0 bridgehead atoms. The van der Waals surface area contributed by atoms with Gasteiger partial charge in [0, 0.05) is 47.8 Å². The highest BCUT2D eigenvalue weighted by atomic mass is 15.2. The van der Waals surface area contributed by atoms with E-state index in [1.54, 1.807) is 0 Å². The molecule has 4 heteroatoms. The predicted molar refractivity (Wildman–Crippen MR) is 179 cm³/mol. The zero-order valence-corrected chi connectivity index (χ0v) is 25.8. The minimum atomic E-state index is -0.170. The highest BCUT2D eigenvalue weighted by molar-refractivity contribution is 5.73. The van der Waals surface area contributed by atoms with Crippen LogP contribution in [-0.4, -0.2) is 23.1 Å². The van der Waals surface area contributed by atoms with Crippen LogP contribution in [0.3, 0.4) is 0 Å². The fourth-order valence-corrected chi connectivity index (χ4v) is 6.85. The van der Waals surface area contributed by atoms with E-state index >= 15 is 0 Å². The summed E-state index contributed by atoms with van der Waals surface area (Å²) in [6.07, 6.45) is 8.46. The van der Waals surface area contributed by atoms with Gasteiger partial charge in [0.1, 0.15) is 11.6 Å². The average molecular weight is 565 g/mol. The Morgan fingerprint density at radius 1 is 0.651 bits per heavy atom. The zero-order valence-electron chi connectivity index (χ0n) is 25.8. The van der Waals surface area contributed by atoms with Gasteiger partial charge in [0.15, 0.2) is 0 Å². The number of rotatable bonds is 5. The van der Waals surface area contributed by atoms with Gasteiger partial charge in [0.05, 0.1) is 0 Å². The summed E-state index contributed by atoms with van der Waals surface area (Å²) < 4.78 is 0. The SMILES string of the molecule is Cc1ccnc(N2CCCc3ccc(C(C)(C)c4ccc5c(c4)N(c4cc(C)c(-c6ccccc6)cn4)CCC5)cc32)c1. The summed E-state index contributed by atoms with van der Waals surface area (Å²) in [5.41, 5.74) is 12.8. The molecule has 3 aromatic carbocycles. The predicted octanol–water partition coefficient (Wildman–Crippen LogP) is 9.25. The number of benzene rings is 3. The van der Waals surface area contributed by atoms with Gasteiger partial charge in [0.25, 0.3) is 0 Å². The minimum absolute atomic E-state index is 0.170. The highest BCUT2D eigenvalue weighted by Crippen LogP contribution is 2.42. The van der Waals surface area contributed by atoms with Gasteiger partial charge in [-0.15, -0.1) is 0 Å². The molecule has 5 aromatic rings. The maximum absolute atomic E-state index is 4.99. The molecule has 2 aliphatic heterocycles. The van der Waals surface area contributed by atoms with Gasteiger partial charge in [-0.05, 0) is 109 Å². The van der Waals surface area contributed by atoms with Crippen LogP contribution >= 0.6 is 0 Å². The van der Waals surface area contributed by atoms with E-state index in [4.69, 9.17) is 9.97 Å². The normalized spacial score (nSPS) is 14.8. The van der Waals surface area contributed by atoms with Crippen LogP contribution < -0.4 is 9.80 Å². The molecular weight excluding hydrogens is 524 g/mol. The molecule has 0 fully saturated rings. The van der Waals surface area contributed by atoms with Crippen LogP contribution in [0.5, 0.6) is 0 Å². The van der Waals surface area contributed by atoms with Gasteiger partial charge in [-0.2, -0.15) is 0 Å². The largest absolute Gasteiger partial charge is 0.326 e. The quantitative estimate of drug-likeness (QED) is 0.213. The summed E-state index contributed by atoms with van der Waals surface area (Å²) in [4.78, 5) is 14.6. The molecular formula is C39H40N4. The van der Waals surface area contributed by atoms with Crippen LogP contribution in [0.2, 0.25) is 0 Å². The monoisotopic (exact) mass is 564 g/mol. The third kappa shape index (κ3) is 5.09. The van der Waals surface area contributed by atoms with Crippen molar-refractivity contribution >= 4 is 23.0 Å². The van der Waals surface area contributed by atoms with Crippen LogP contribution in [0.15, 0.2) is 97.3 Å². The number of hydrogen-bond donors (Lipinski definition) is 0. The zero-order chi connectivity index (χ0) is 29.6. The van der Waals surface area contributed by atoms with E-state index in [1.165, 1.54) is 55.9 Å². The van der Waals surface area contributed by atoms with E-state index in [0.29, 0.717) is 0 Å². The summed E-state index contributed by atoms with van der Waals surface area (Å²) in [5, 5.41) is 0. The van der Waals surface area contributed by atoms with Crippen molar-refractivity contribution in [2.45, 2.75) is 58.8 Å². The maximum Gasteiger partial charge on any atom is 0.133 e. The van der Waals surface area contributed by atoms with Crippen molar-refractivity contribution < 1.29 is 0 Å². The van der Waals surface area contributed by atoms with Gasteiger partial charge in [0.2, 0.25) is 0 Å². The van der Waals surface area contributed by atoms with Gasteiger partial charge >= 0.3 is 0 Å². The molecule has 4 nitrogen and oxygen atoms in total. The lowest BCUT2D eigenvalue weighted by atomic mass is 9.76. The lowest BCUT2D eigenvalue weighted by molar-refractivity contribution is 0.636. The first kappa shape index (κ1) is 27.4. The maximum atomic E-state index is 4.99. The molecule has 4 heterocycles. The van der Waals surface area contributed by atoms with Crippen LogP contribution in [0.4, 0.5) is 23.0 Å². The van der Waals surface area contributed by atoms with Crippen molar-refractivity contribution in [2.24, 2.45) is 0 Å². The number of hydrogen-bond acceptors (Lipinski definition) is 4. The number of nitrogens with zero attached hydrogens (tertiary/aromatic N) is 4. The molecule has 2 aromatic heterocycles. The van der Waals surface area contributed by atoms with Crippen LogP contribution in [-0.2, 0) is 18.3 Å². The Labute approximate surface area is 256 Å². The molecule has 0 amide bonds. The number of aryl methyl sites for hydroxylation is 4. The van der Waals surface area contributed by atoms with Crippen molar-refractivity contribution in [3.63, 3.8) is 0 Å². The summed E-state index contributed by atoms with van der Waals surface area (Å²) in [6, 6.07) is 31.3.